The molecule has 0 N–H and O–H groups in total. The Morgan fingerprint density at radius 3 is 2.18 bits per heavy atom. The van der Waals surface area contributed by atoms with Crippen LogP contribution in [-0.2, 0) is 0 Å². The van der Waals surface area contributed by atoms with Gasteiger partial charge in [-0.2, -0.15) is 0 Å². The van der Waals surface area contributed by atoms with Crippen LogP contribution in [-0.4, -0.2) is 4.57 Å². The first kappa shape index (κ1) is 15.5. The molecule has 2 heterocycles. The van der Waals surface area contributed by atoms with E-state index in [-0.39, 0.29) is 0 Å². The monoisotopic (exact) mass is 361 g/mol. The lowest BCUT2D eigenvalue weighted by Crippen LogP contribution is -1.93. The lowest BCUT2D eigenvalue weighted by molar-refractivity contribution is 0.669. The largest absolute Gasteiger partial charge is 0.456 e. The topological polar surface area (TPSA) is 18.1 Å². The van der Waals surface area contributed by atoms with Gasteiger partial charge in [-0.05, 0) is 49.7 Å². The van der Waals surface area contributed by atoms with Crippen molar-refractivity contribution in [2.45, 2.75) is 13.8 Å². The van der Waals surface area contributed by atoms with E-state index in [1.807, 2.05) is 0 Å². The molecule has 0 spiro atoms. The predicted molar refractivity (Wildman–Crippen MR) is 118 cm³/mol. The maximum atomic E-state index is 6.23. The van der Waals surface area contributed by atoms with Gasteiger partial charge in [0.1, 0.15) is 11.2 Å². The molecule has 0 atom stereocenters. The highest BCUT2D eigenvalue weighted by molar-refractivity contribution is 6.17. The van der Waals surface area contributed by atoms with Crippen molar-refractivity contribution in [3.05, 3.63) is 90.0 Å². The number of aryl methyl sites for hydroxylation is 2. The molecular weight excluding hydrogens is 342 g/mol. The second-order valence-electron chi connectivity index (χ2n) is 7.66. The van der Waals surface area contributed by atoms with E-state index in [4.69, 9.17) is 4.42 Å². The van der Waals surface area contributed by atoms with Crippen molar-refractivity contribution < 1.29 is 4.42 Å². The first-order valence-corrected chi connectivity index (χ1v) is 9.62. The number of nitrogens with zero attached hydrogens (tertiary/aromatic N) is 1. The Morgan fingerprint density at radius 2 is 1.32 bits per heavy atom. The Labute approximate surface area is 162 Å². The van der Waals surface area contributed by atoms with Gasteiger partial charge in [-0.15, -0.1) is 0 Å². The number of rotatable bonds is 1. The van der Waals surface area contributed by atoms with E-state index >= 15 is 0 Å². The Kier molecular flexibility index (Phi) is 3.05. The molecule has 0 saturated carbocycles. The van der Waals surface area contributed by atoms with Crippen LogP contribution in [0, 0.1) is 13.8 Å². The summed E-state index contributed by atoms with van der Waals surface area (Å²) in [5.41, 5.74) is 7.92. The van der Waals surface area contributed by atoms with Gasteiger partial charge in [0.2, 0.25) is 0 Å². The number of benzene rings is 4. The van der Waals surface area contributed by atoms with E-state index < -0.39 is 0 Å². The van der Waals surface area contributed by atoms with E-state index in [1.54, 1.807) is 0 Å². The van der Waals surface area contributed by atoms with Gasteiger partial charge in [-0.25, -0.2) is 0 Å². The molecule has 0 aliphatic carbocycles. The first-order chi connectivity index (χ1) is 13.7. The normalized spacial score (nSPS) is 11.9. The molecule has 6 aromatic rings. The standard InChI is InChI=1S/C26H19NO/c1-16-7-10-18(11-8-16)27-23-6-4-3-5-19(23)21-14-22-20-12-9-17(2)13-25(20)28-26(22)15-24(21)27/h3-15H,1-2H3. The summed E-state index contributed by atoms with van der Waals surface area (Å²) in [7, 11) is 0. The van der Waals surface area contributed by atoms with Crippen molar-refractivity contribution in [2.24, 2.45) is 0 Å². The third kappa shape index (κ3) is 2.09. The van der Waals surface area contributed by atoms with Crippen LogP contribution >= 0.6 is 0 Å². The summed E-state index contributed by atoms with van der Waals surface area (Å²) in [6, 6.07) is 28.2. The molecule has 4 aromatic carbocycles. The molecule has 2 nitrogen and oxygen atoms in total. The maximum Gasteiger partial charge on any atom is 0.137 e. The molecule has 0 bridgehead atoms. The van der Waals surface area contributed by atoms with Crippen molar-refractivity contribution in [3.63, 3.8) is 0 Å². The fraction of sp³-hybridized carbons (Fsp3) is 0.0769. The number of aromatic nitrogens is 1. The predicted octanol–water partition coefficient (Wildman–Crippen LogP) is 7.30. The molecule has 0 aliphatic heterocycles. The zero-order valence-electron chi connectivity index (χ0n) is 15.9. The summed E-state index contributed by atoms with van der Waals surface area (Å²) in [5, 5.41) is 4.87. The summed E-state index contributed by atoms with van der Waals surface area (Å²) < 4.78 is 8.57. The minimum absolute atomic E-state index is 0.935. The minimum Gasteiger partial charge on any atom is -0.456 e. The van der Waals surface area contributed by atoms with Crippen LogP contribution in [0.2, 0.25) is 0 Å². The quantitative estimate of drug-likeness (QED) is 0.300. The molecule has 28 heavy (non-hydrogen) atoms. The number of fused-ring (bicyclic) bond motifs is 6. The van der Waals surface area contributed by atoms with Crippen LogP contribution in [0.25, 0.3) is 49.4 Å². The average Bonchev–Trinajstić information content (AvgIpc) is 3.21. The number of para-hydroxylation sites is 1. The minimum atomic E-state index is 0.935. The highest BCUT2D eigenvalue weighted by Crippen LogP contribution is 2.38. The summed E-state index contributed by atoms with van der Waals surface area (Å²) in [4.78, 5) is 0. The van der Waals surface area contributed by atoms with Gasteiger partial charge in [-0.3, -0.25) is 0 Å². The number of hydrogen-bond acceptors (Lipinski definition) is 1. The molecule has 2 aromatic heterocycles. The lowest BCUT2D eigenvalue weighted by atomic mass is 10.1. The van der Waals surface area contributed by atoms with E-state index in [0.717, 1.165) is 11.2 Å². The van der Waals surface area contributed by atoms with E-state index in [2.05, 4.69) is 97.3 Å². The molecular formula is C26H19NO. The smallest absolute Gasteiger partial charge is 0.137 e. The summed E-state index contributed by atoms with van der Waals surface area (Å²) in [6.45, 7) is 4.22. The molecule has 0 saturated heterocycles. The zero-order chi connectivity index (χ0) is 18.8. The van der Waals surface area contributed by atoms with Gasteiger partial charge in [0.25, 0.3) is 0 Å². The van der Waals surface area contributed by atoms with Gasteiger partial charge in [0, 0.05) is 33.3 Å². The lowest BCUT2D eigenvalue weighted by Gasteiger charge is -2.08. The molecule has 0 radical (unpaired) electrons. The van der Waals surface area contributed by atoms with Gasteiger partial charge >= 0.3 is 0 Å². The van der Waals surface area contributed by atoms with Crippen LogP contribution in [0.15, 0.2) is 83.3 Å². The Morgan fingerprint density at radius 1 is 0.571 bits per heavy atom. The zero-order valence-corrected chi connectivity index (χ0v) is 15.9. The SMILES string of the molecule is Cc1ccc(-n2c3ccccc3c3cc4c(cc32)oc2cc(C)ccc24)cc1. The summed E-state index contributed by atoms with van der Waals surface area (Å²) in [6.07, 6.45) is 0. The average molecular weight is 361 g/mol. The third-order valence-corrected chi connectivity index (χ3v) is 5.71. The van der Waals surface area contributed by atoms with E-state index in [9.17, 15) is 0 Å². The van der Waals surface area contributed by atoms with Crippen LogP contribution in [0.1, 0.15) is 11.1 Å². The van der Waals surface area contributed by atoms with Crippen molar-refractivity contribution in [2.75, 3.05) is 0 Å². The molecule has 0 amide bonds. The van der Waals surface area contributed by atoms with E-state index in [1.165, 1.54) is 49.4 Å². The summed E-state index contributed by atoms with van der Waals surface area (Å²) >= 11 is 0. The molecule has 0 unspecified atom stereocenters. The Bertz CT molecular complexity index is 1510. The number of hydrogen-bond donors (Lipinski definition) is 0. The van der Waals surface area contributed by atoms with Crippen molar-refractivity contribution in [1.82, 2.24) is 4.57 Å². The van der Waals surface area contributed by atoms with Gasteiger partial charge in [0.05, 0.1) is 11.0 Å². The molecule has 0 fully saturated rings. The Hall–Kier alpha value is -3.52. The molecule has 0 aliphatic rings. The number of furan rings is 1. The second-order valence-corrected chi connectivity index (χ2v) is 7.66. The van der Waals surface area contributed by atoms with Gasteiger partial charge < -0.3 is 8.98 Å². The van der Waals surface area contributed by atoms with Crippen molar-refractivity contribution in [3.8, 4) is 5.69 Å². The van der Waals surface area contributed by atoms with Crippen LogP contribution < -0.4 is 0 Å². The van der Waals surface area contributed by atoms with Crippen LogP contribution in [0.4, 0.5) is 0 Å². The van der Waals surface area contributed by atoms with Gasteiger partial charge in [-0.1, -0.05) is 48.0 Å². The summed E-state index contributed by atoms with van der Waals surface area (Å²) in [5.74, 6) is 0. The van der Waals surface area contributed by atoms with E-state index in [0.29, 0.717) is 0 Å². The van der Waals surface area contributed by atoms with Gasteiger partial charge in [0.15, 0.2) is 0 Å². The molecule has 134 valence electrons. The molecule has 2 heteroatoms. The van der Waals surface area contributed by atoms with Crippen molar-refractivity contribution >= 4 is 43.7 Å². The fourth-order valence-electron chi connectivity index (χ4n) is 4.32. The highest BCUT2D eigenvalue weighted by Gasteiger charge is 2.16. The maximum absolute atomic E-state index is 6.23. The first-order valence-electron chi connectivity index (χ1n) is 9.62. The Balaban J connectivity index is 1.79. The fourth-order valence-corrected chi connectivity index (χ4v) is 4.32. The third-order valence-electron chi connectivity index (χ3n) is 5.71. The molecule has 6 rings (SSSR count). The van der Waals surface area contributed by atoms with Crippen molar-refractivity contribution in [1.29, 1.82) is 0 Å². The highest BCUT2D eigenvalue weighted by atomic mass is 16.3. The second kappa shape index (κ2) is 5.49. The van der Waals surface area contributed by atoms with Crippen LogP contribution in [0.3, 0.4) is 0 Å². The van der Waals surface area contributed by atoms with Crippen LogP contribution in [0.5, 0.6) is 0 Å².